The molecule has 5 heteroatoms. The topological polar surface area (TPSA) is 63.6 Å². The summed E-state index contributed by atoms with van der Waals surface area (Å²) in [4.78, 5) is 0. The highest BCUT2D eigenvalue weighted by atomic mass is 32.2. The van der Waals surface area contributed by atoms with E-state index < -0.39 is 15.5 Å². The zero-order chi connectivity index (χ0) is 15.8. The maximum Gasteiger partial charge on any atom is 0.265 e. The first kappa shape index (κ1) is 15.1. The van der Waals surface area contributed by atoms with E-state index in [0.717, 1.165) is 29.7 Å². The molecule has 0 saturated heterocycles. The summed E-state index contributed by atoms with van der Waals surface area (Å²) in [7, 11) is -3.98. The lowest BCUT2D eigenvalue weighted by atomic mass is 9.98. The van der Waals surface area contributed by atoms with E-state index >= 15 is 0 Å². The fourth-order valence-corrected chi connectivity index (χ4v) is 3.80. The minimum absolute atomic E-state index is 0.228. The normalized spacial score (nSPS) is 16.3. The van der Waals surface area contributed by atoms with Gasteiger partial charge in [0, 0.05) is 5.41 Å². The summed E-state index contributed by atoms with van der Waals surface area (Å²) in [6.07, 6.45) is 1.53. The number of hydrogen-bond donors (Lipinski definition) is 1. The van der Waals surface area contributed by atoms with Crippen molar-refractivity contribution < 1.29 is 17.7 Å². The van der Waals surface area contributed by atoms with Crippen LogP contribution in [0.2, 0.25) is 0 Å². The number of hydrogen-bond acceptors (Lipinski definition) is 3. The van der Waals surface area contributed by atoms with Crippen LogP contribution in [0.5, 0.6) is 11.5 Å². The average Bonchev–Trinajstić information content (AvgIpc) is 3.21. The Morgan fingerprint density at radius 1 is 1.09 bits per heavy atom. The van der Waals surface area contributed by atoms with Crippen molar-refractivity contribution in [3.05, 3.63) is 59.7 Å². The van der Waals surface area contributed by atoms with Crippen LogP contribution < -0.4 is 4.74 Å². The Morgan fingerprint density at radius 2 is 1.77 bits per heavy atom. The summed E-state index contributed by atoms with van der Waals surface area (Å²) in [5.74, 6) is 1.18. The molecule has 22 heavy (non-hydrogen) atoms. The second kappa shape index (κ2) is 5.41. The molecular formula is C17H18O4S. The summed E-state index contributed by atoms with van der Waals surface area (Å²) in [5, 5.41) is 0. The Balaban J connectivity index is 1.82. The third-order valence-corrected chi connectivity index (χ3v) is 4.93. The lowest BCUT2D eigenvalue weighted by Gasteiger charge is -2.15. The van der Waals surface area contributed by atoms with Crippen molar-refractivity contribution in [1.29, 1.82) is 0 Å². The average molecular weight is 318 g/mol. The standard InChI is InChI=1S/C17H18O4S/c1-13-5-7-15(8-6-13)21-16-4-2-3-14(11-16)17(9-10-17)12-22(18,19)20/h2-8,11H,9-10,12H2,1H3,(H,18,19,20). The van der Waals surface area contributed by atoms with Gasteiger partial charge < -0.3 is 4.74 Å². The highest BCUT2D eigenvalue weighted by Gasteiger charge is 2.47. The molecule has 1 saturated carbocycles. The molecule has 2 aromatic carbocycles. The molecule has 1 fully saturated rings. The van der Waals surface area contributed by atoms with Crippen molar-refractivity contribution in [2.45, 2.75) is 25.2 Å². The van der Waals surface area contributed by atoms with Crippen LogP contribution in [-0.2, 0) is 15.5 Å². The van der Waals surface area contributed by atoms with Crippen molar-refractivity contribution in [3.8, 4) is 11.5 Å². The molecule has 0 spiro atoms. The van der Waals surface area contributed by atoms with Crippen molar-refractivity contribution in [3.63, 3.8) is 0 Å². The monoisotopic (exact) mass is 318 g/mol. The predicted octanol–water partition coefficient (Wildman–Crippen LogP) is 3.71. The number of rotatable bonds is 5. The Bertz CT molecular complexity index is 775. The lowest BCUT2D eigenvalue weighted by Crippen LogP contribution is -2.20. The number of benzene rings is 2. The molecule has 1 N–H and O–H groups in total. The third kappa shape index (κ3) is 3.48. The fraction of sp³-hybridized carbons (Fsp3) is 0.294. The first-order valence-electron chi connectivity index (χ1n) is 7.17. The molecule has 0 heterocycles. The van der Waals surface area contributed by atoms with Gasteiger partial charge in [-0.1, -0.05) is 29.8 Å². The van der Waals surface area contributed by atoms with Gasteiger partial charge in [-0.05, 0) is 49.6 Å². The smallest absolute Gasteiger partial charge is 0.265 e. The maximum atomic E-state index is 11.2. The van der Waals surface area contributed by atoms with Gasteiger partial charge in [0.2, 0.25) is 0 Å². The molecule has 0 aromatic heterocycles. The molecule has 4 nitrogen and oxygen atoms in total. The predicted molar refractivity (Wildman–Crippen MR) is 85.0 cm³/mol. The minimum Gasteiger partial charge on any atom is -0.457 e. The van der Waals surface area contributed by atoms with Crippen molar-refractivity contribution in [2.75, 3.05) is 5.75 Å². The SMILES string of the molecule is Cc1ccc(Oc2cccc(C3(CS(=O)(=O)O)CC3)c2)cc1. The van der Waals surface area contributed by atoms with E-state index in [1.54, 1.807) is 0 Å². The van der Waals surface area contributed by atoms with Crippen LogP contribution in [0.25, 0.3) is 0 Å². The van der Waals surface area contributed by atoms with Crippen LogP contribution in [0.15, 0.2) is 48.5 Å². The van der Waals surface area contributed by atoms with Gasteiger partial charge in [-0.25, -0.2) is 0 Å². The van der Waals surface area contributed by atoms with Gasteiger partial charge >= 0.3 is 0 Å². The molecule has 116 valence electrons. The van der Waals surface area contributed by atoms with Gasteiger partial charge in [0.25, 0.3) is 10.1 Å². The van der Waals surface area contributed by atoms with E-state index in [9.17, 15) is 8.42 Å². The lowest BCUT2D eigenvalue weighted by molar-refractivity contribution is 0.472. The molecule has 1 aliphatic carbocycles. The first-order valence-corrected chi connectivity index (χ1v) is 8.78. The molecule has 0 aliphatic heterocycles. The van der Waals surface area contributed by atoms with Gasteiger partial charge in [-0.3, -0.25) is 4.55 Å². The van der Waals surface area contributed by atoms with E-state index in [1.165, 1.54) is 0 Å². The maximum absolute atomic E-state index is 11.2. The Morgan fingerprint density at radius 3 is 2.36 bits per heavy atom. The second-order valence-corrected chi connectivity index (χ2v) is 7.40. The molecular weight excluding hydrogens is 300 g/mol. The molecule has 2 aromatic rings. The number of ether oxygens (including phenoxy) is 1. The van der Waals surface area contributed by atoms with E-state index in [-0.39, 0.29) is 5.75 Å². The highest BCUT2D eigenvalue weighted by molar-refractivity contribution is 7.85. The quantitative estimate of drug-likeness (QED) is 0.854. The zero-order valence-corrected chi connectivity index (χ0v) is 13.1. The van der Waals surface area contributed by atoms with Crippen LogP contribution in [0, 0.1) is 6.92 Å². The van der Waals surface area contributed by atoms with E-state index in [1.807, 2.05) is 55.5 Å². The molecule has 0 atom stereocenters. The largest absolute Gasteiger partial charge is 0.457 e. The van der Waals surface area contributed by atoms with Crippen LogP contribution in [0.1, 0.15) is 24.0 Å². The van der Waals surface area contributed by atoms with Gasteiger partial charge in [0.05, 0.1) is 5.75 Å². The van der Waals surface area contributed by atoms with Crippen LogP contribution >= 0.6 is 0 Å². The van der Waals surface area contributed by atoms with E-state index in [0.29, 0.717) is 5.75 Å². The minimum atomic E-state index is -3.98. The fourth-order valence-electron chi connectivity index (χ4n) is 2.65. The summed E-state index contributed by atoms with van der Waals surface area (Å²) in [6, 6.07) is 15.2. The van der Waals surface area contributed by atoms with Crippen LogP contribution in [0.4, 0.5) is 0 Å². The summed E-state index contributed by atoms with van der Waals surface area (Å²) < 4.78 is 37.3. The molecule has 1 aliphatic rings. The Kier molecular flexibility index (Phi) is 3.70. The molecule has 0 unspecified atom stereocenters. The number of aryl methyl sites for hydroxylation is 1. The summed E-state index contributed by atoms with van der Waals surface area (Å²) in [6.45, 7) is 2.01. The molecule has 3 rings (SSSR count). The van der Waals surface area contributed by atoms with Gasteiger partial charge in [-0.15, -0.1) is 0 Å². The zero-order valence-electron chi connectivity index (χ0n) is 12.3. The van der Waals surface area contributed by atoms with E-state index in [2.05, 4.69) is 0 Å². The van der Waals surface area contributed by atoms with E-state index in [4.69, 9.17) is 9.29 Å². The highest BCUT2D eigenvalue weighted by Crippen LogP contribution is 2.49. The first-order chi connectivity index (χ1) is 10.4. The summed E-state index contributed by atoms with van der Waals surface area (Å²) >= 11 is 0. The van der Waals surface area contributed by atoms with Gasteiger partial charge in [0.1, 0.15) is 11.5 Å². The van der Waals surface area contributed by atoms with Crippen molar-refractivity contribution >= 4 is 10.1 Å². The Labute approximate surface area is 130 Å². The molecule has 0 amide bonds. The van der Waals surface area contributed by atoms with Gasteiger partial charge in [0.15, 0.2) is 0 Å². The van der Waals surface area contributed by atoms with Crippen LogP contribution in [0.3, 0.4) is 0 Å². The van der Waals surface area contributed by atoms with Crippen LogP contribution in [-0.4, -0.2) is 18.7 Å². The van der Waals surface area contributed by atoms with Gasteiger partial charge in [-0.2, -0.15) is 8.42 Å². The third-order valence-electron chi connectivity index (χ3n) is 4.02. The molecule has 0 radical (unpaired) electrons. The Hall–Kier alpha value is -1.85. The molecule has 0 bridgehead atoms. The van der Waals surface area contributed by atoms with Crippen molar-refractivity contribution in [1.82, 2.24) is 0 Å². The second-order valence-electron chi connectivity index (χ2n) is 5.95. The summed E-state index contributed by atoms with van der Waals surface area (Å²) in [5.41, 5.74) is 1.60. The van der Waals surface area contributed by atoms with Crippen molar-refractivity contribution in [2.24, 2.45) is 0 Å².